The Labute approximate surface area is 81.9 Å². The summed E-state index contributed by atoms with van der Waals surface area (Å²) in [6.07, 6.45) is -1.93. The Morgan fingerprint density at radius 2 is 1.93 bits per heavy atom. The first-order valence-corrected chi connectivity index (χ1v) is 4.88. The fourth-order valence-electron chi connectivity index (χ4n) is 2.30. The normalized spacial score (nSPS) is 54.6. The average Bonchev–Trinajstić information content (AvgIpc) is 2.64. The highest BCUT2D eigenvalue weighted by Crippen LogP contribution is 2.40. The van der Waals surface area contributed by atoms with Crippen LogP contribution in [0.5, 0.6) is 0 Å². The number of rotatable bonds is 0. The van der Waals surface area contributed by atoms with Gasteiger partial charge in [-0.25, -0.2) is 0 Å². The number of hydrogen-bond acceptors (Lipinski definition) is 5. The third-order valence-corrected chi connectivity index (χ3v) is 2.88. The molecule has 0 unspecified atom stereocenters. The van der Waals surface area contributed by atoms with Crippen molar-refractivity contribution in [2.45, 2.75) is 50.3 Å². The first-order chi connectivity index (χ1) is 6.57. The zero-order valence-electron chi connectivity index (χ0n) is 8.17. The minimum Gasteiger partial charge on any atom is -0.387 e. The Morgan fingerprint density at radius 3 is 2.71 bits per heavy atom. The van der Waals surface area contributed by atoms with Crippen molar-refractivity contribution in [2.24, 2.45) is 0 Å². The quantitative estimate of drug-likeness (QED) is 0.580. The molecule has 0 saturated carbocycles. The molecule has 3 heterocycles. The standard InChI is InChI=1S/C9H14O5/c1-9(2)13-6-5(10)4-3-11-8(12-4)7(6)14-9/h4-8,10H,3H2,1-2H3/t4-,5+,6-,7-,8+/m1/s1. The Bertz CT molecular complexity index is 246. The molecule has 0 amide bonds. The van der Waals surface area contributed by atoms with Gasteiger partial charge in [0.1, 0.15) is 24.4 Å². The molecule has 3 aliphatic rings. The molecule has 5 nitrogen and oxygen atoms in total. The van der Waals surface area contributed by atoms with Crippen molar-refractivity contribution in [1.29, 1.82) is 0 Å². The maximum Gasteiger partial charge on any atom is 0.187 e. The van der Waals surface area contributed by atoms with Crippen molar-refractivity contribution >= 4 is 0 Å². The van der Waals surface area contributed by atoms with Gasteiger partial charge in [0.2, 0.25) is 0 Å². The van der Waals surface area contributed by atoms with Gasteiger partial charge in [-0.3, -0.25) is 0 Å². The van der Waals surface area contributed by atoms with Crippen molar-refractivity contribution in [3.05, 3.63) is 0 Å². The van der Waals surface area contributed by atoms with Crippen molar-refractivity contribution in [2.75, 3.05) is 6.61 Å². The van der Waals surface area contributed by atoms with Gasteiger partial charge in [-0.15, -0.1) is 0 Å². The van der Waals surface area contributed by atoms with Gasteiger partial charge in [-0.2, -0.15) is 0 Å². The molecule has 3 aliphatic heterocycles. The van der Waals surface area contributed by atoms with Crippen LogP contribution in [0.4, 0.5) is 0 Å². The molecular formula is C9H14O5. The van der Waals surface area contributed by atoms with Gasteiger partial charge >= 0.3 is 0 Å². The second-order valence-corrected chi connectivity index (χ2v) is 4.43. The fraction of sp³-hybridized carbons (Fsp3) is 1.00. The van der Waals surface area contributed by atoms with Gasteiger partial charge in [0.15, 0.2) is 12.1 Å². The predicted octanol–water partition coefficient (Wildman–Crippen LogP) is -0.378. The lowest BCUT2D eigenvalue weighted by molar-refractivity contribution is -0.198. The fourth-order valence-corrected chi connectivity index (χ4v) is 2.30. The third kappa shape index (κ3) is 1.14. The van der Waals surface area contributed by atoms with Crippen LogP contribution in [0.15, 0.2) is 0 Å². The van der Waals surface area contributed by atoms with E-state index in [0.717, 1.165) is 0 Å². The molecule has 1 N–H and O–H groups in total. The topological polar surface area (TPSA) is 57.2 Å². The van der Waals surface area contributed by atoms with Crippen molar-refractivity contribution in [3.8, 4) is 0 Å². The van der Waals surface area contributed by atoms with Gasteiger partial charge in [0.05, 0.1) is 6.61 Å². The van der Waals surface area contributed by atoms with Crippen molar-refractivity contribution in [1.82, 2.24) is 0 Å². The van der Waals surface area contributed by atoms with Gasteiger partial charge in [-0.1, -0.05) is 0 Å². The Hall–Kier alpha value is -0.200. The lowest BCUT2D eigenvalue weighted by atomic mass is 10.0. The molecule has 0 aliphatic carbocycles. The Kier molecular flexibility index (Phi) is 1.73. The number of ether oxygens (including phenoxy) is 4. The molecule has 0 radical (unpaired) electrons. The van der Waals surface area contributed by atoms with Crippen molar-refractivity contribution in [3.63, 3.8) is 0 Å². The number of aliphatic hydroxyl groups excluding tert-OH is 1. The number of aliphatic hydroxyl groups is 1. The van der Waals surface area contributed by atoms with Crippen LogP contribution in [0.25, 0.3) is 0 Å². The lowest BCUT2D eigenvalue weighted by Crippen LogP contribution is -2.52. The third-order valence-electron chi connectivity index (χ3n) is 2.88. The molecule has 0 aromatic rings. The molecule has 0 aromatic carbocycles. The van der Waals surface area contributed by atoms with Crippen LogP contribution < -0.4 is 0 Å². The smallest absolute Gasteiger partial charge is 0.187 e. The van der Waals surface area contributed by atoms with E-state index in [-0.39, 0.29) is 24.6 Å². The Balaban J connectivity index is 1.88. The van der Waals surface area contributed by atoms with Crippen LogP contribution in [0, 0.1) is 0 Å². The summed E-state index contributed by atoms with van der Waals surface area (Å²) in [7, 11) is 0. The highest BCUT2D eigenvalue weighted by Gasteiger charge is 2.58. The molecule has 3 saturated heterocycles. The van der Waals surface area contributed by atoms with Crippen molar-refractivity contribution < 1.29 is 24.1 Å². The van der Waals surface area contributed by atoms with E-state index >= 15 is 0 Å². The molecule has 5 atom stereocenters. The summed E-state index contributed by atoms with van der Waals surface area (Å²) in [6, 6.07) is 0. The number of fused-ring (bicyclic) bond motifs is 4. The monoisotopic (exact) mass is 202 g/mol. The van der Waals surface area contributed by atoms with Crippen LogP contribution in [0.1, 0.15) is 13.8 Å². The second kappa shape index (κ2) is 2.68. The van der Waals surface area contributed by atoms with E-state index in [1.165, 1.54) is 0 Å². The van der Waals surface area contributed by atoms with E-state index in [9.17, 15) is 5.11 Å². The molecule has 2 bridgehead atoms. The first kappa shape index (κ1) is 9.06. The van der Waals surface area contributed by atoms with Gasteiger partial charge in [0.25, 0.3) is 0 Å². The van der Waals surface area contributed by atoms with Gasteiger partial charge < -0.3 is 24.1 Å². The van der Waals surface area contributed by atoms with Crippen LogP contribution in [-0.2, 0) is 18.9 Å². The largest absolute Gasteiger partial charge is 0.387 e. The summed E-state index contributed by atoms with van der Waals surface area (Å²) in [5, 5.41) is 9.89. The summed E-state index contributed by atoms with van der Waals surface area (Å²) in [4.78, 5) is 0. The number of hydrogen-bond donors (Lipinski definition) is 1. The second-order valence-electron chi connectivity index (χ2n) is 4.43. The van der Waals surface area contributed by atoms with Crippen LogP contribution in [-0.4, -0.2) is 48.2 Å². The van der Waals surface area contributed by atoms with Crippen LogP contribution >= 0.6 is 0 Å². The summed E-state index contributed by atoms with van der Waals surface area (Å²) in [5.41, 5.74) is 0. The van der Waals surface area contributed by atoms with Gasteiger partial charge in [0, 0.05) is 0 Å². The van der Waals surface area contributed by atoms with Crippen LogP contribution in [0.3, 0.4) is 0 Å². The minimum atomic E-state index is -0.659. The summed E-state index contributed by atoms with van der Waals surface area (Å²) in [6.45, 7) is 4.07. The molecule has 80 valence electrons. The first-order valence-electron chi connectivity index (χ1n) is 4.88. The SMILES string of the molecule is CC1(C)O[C@@H]2[C@@H](O)[C@H]3CO[C@@H](O3)[C@@H]2O1. The van der Waals surface area contributed by atoms with E-state index in [4.69, 9.17) is 18.9 Å². The molecule has 3 rings (SSSR count). The molecule has 3 fully saturated rings. The molecule has 14 heavy (non-hydrogen) atoms. The van der Waals surface area contributed by atoms with E-state index in [0.29, 0.717) is 6.61 Å². The summed E-state index contributed by atoms with van der Waals surface area (Å²) < 4.78 is 22.0. The maximum absolute atomic E-state index is 9.89. The highest BCUT2D eigenvalue weighted by molar-refractivity contribution is 4.98. The van der Waals surface area contributed by atoms with E-state index < -0.39 is 11.9 Å². The lowest BCUT2D eigenvalue weighted by Gasteiger charge is -2.31. The van der Waals surface area contributed by atoms with E-state index in [1.807, 2.05) is 13.8 Å². The van der Waals surface area contributed by atoms with Crippen LogP contribution in [0.2, 0.25) is 0 Å². The average molecular weight is 202 g/mol. The zero-order valence-corrected chi connectivity index (χ0v) is 8.17. The van der Waals surface area contributed by atoms with Gasteiger partial charge in [-0.05, 0) is 13.8 Å². The molecule has 0 aromatic heterocycles. The highest BCUT2D eigenvalue weighted by atomic mass is 16.8. The molecule has 5 heteroatoms. The summed E-state index contributed by atoms with van der Waals surface area (Å²) in [5.74, 6) is -0.659. The Morgan fingerprint density at radius 1 is 1.21 bits per heavy atom. The predicted molar refractivity (Wildman–Crippen MR) is 44.4 cm³/mol. The van der Waals surface area contributed by atoms with E-state index in [2.05, 4.69) is 0 Å². The summed E-state index contributed by atoms with van der Waals surface area (Å²) >= 11 is 0. The molecular weight excluding hydrogens is 188 g/mol. The molecule has 0 spiro atoms. The zero-order chi connectivity index (χ0) is 9.92. The maximum atomic E-state index is 9.89. The minimum absolute atomic E-state index is 0.265. The van der Waals surface area contributed by atoms with E-state index in [1.54, 1.807) is 0 Å².